The molecule has 0 aliphatic heterocycles. The summed E-state index contributed by atoms with van der Waals surface area (Å²) in [6, 6.07) is 13.2. The number of benzene rings is 4. The van der Waals surface area contributed by atoms with Gasteiger partial charge < -0.3 is 10.3 Å². The van der Waals surface area contributed by atoms with Gasteiger partial charge in [-0.15, -0.1) is 0 Å². The van der Waals surface area contributed by atoms with Gasteiger partial charge in [0.15, 0.2) is 0 Å². The molecule has 3 heterocycles. The Hall–Kier alpha value is -4.91. The lowest BCUT2D eigenvalue weighted by Crippen LogP contribution is -2.08. The second-order valence-corrected chi connectivity index (χ2v) is 11.6. The van der Waals surface area contributed by atoms with Crippen molar-refractivity contribution < 1.29 is 0 Å². The van der Waals surface area contributed by atoms with Crippen molar-refractivity contribution >= 4 is 60.3 Å². The number of hydrogen-bond donors (Lipinski definition) is 2. The number of fused-ring (bicyclic) bond motifs is 9. The van der Waals surface area contributed by atoms with Crippen molar-refractivity contribution in [2.45, 2.75) is 47.5 Å². The van der Waals surface area contributed by atoms with Crippen molar-refractivity contribution in [3.8, 4) is 11.1 Å². The molecule has 0 atom stereocenters. The van der Waals surface area contributed by atoms with E-state index < -0.39 is 0 Å². The third-order valence-corrected chi connectivity index (χ3v) is 8.24. The van der Waals surface area contributed by atoms with E-state index in [1.54, 1.807) is 24.8 Å². The topological polar surface area (TPSA) is 92.3 Å². The molecule has 2 N–H and O–H groups in total. The maximum Gasteiger partial charge on any atom is 0.115 e. The van der Waals surface area contributed by atoms with Gasteiger partial charge in [-0.05, 0) is 43.0 Å². The molecule has 0 fully saturated rings. The largest absolute Gasteiger partial charge is 0.358 e. The zero-order valence-corrected chi connectivity index (χ0v) is 24.7. The molecule has 0 aliphatic rings. The average Bonchev–Trinajstić information content (AvgIpc) is 3.47. The Balaban J connectivity index is 1.47. The number of rotatable bonds is 5. The summed E-state index contributed by atoms with van der Waals surface area (Å²) in [6.45, 7) is 12.9. The van der Waals surface area contributed by atoms with Gasteiger partial charge in [-0.2, -0.15) is 0 Å². The van der Waals surface area contributed by atoms with E-state index in [9.17, 15) is 0 Å². The van der Waals surface area contributed by atoms with Crippen LogP contribution in [0.5, 0.6) is 0 Å². The van der Waals surface area contributed by atoms with Crippen LogP contribution in [0.1, 0.15) is 51.9 Å². The zero-order chi connectivity index (χ0) is 29.1. The number of aromatic nitrogens is 6. The van der Waals surface area contributed by atoms with Gasteiger partial charge in [-0.1, -0.05) is 58.0 Å². The average molecular weight is 552 g/mol. The van der Waals surface area contributed by atoms with Crippen molar-refractivity contribution in [1.82, 2.24) is 29.9 Å². The van der Waals surface area contributed by atoms with E-state index in [1.165, 1.54) is 5.70 Å². The van der Waals surface area contributed by atoms with E-state index in [2.05, 4.69) is 94.3 Å². The van der Waals surface area contributed by atoms with Crippen LogP contribution in [0.15, 0.2) is 73.0 Å². The molecular formula is C35H33N7. The Bertz CT molecular complexity index is 2210. The predicted octanol–water partition coefficient (Wildman–Crippen LogP) is 8.83. The molecule has 4 aromatic carbocycles. The van der Waals surface area contributed by atoms with Crippen LogP contribution in [-0.2, 0) is 0 Å². The van der Waals surface area contributed by atoms with E-state index >= 15 is 0 Å². The van der Waals surface area contributed by atoms with Crippen LogP contribution >= 0.6 is 0 Å². The molecule has 7 nitrogen and oxygen atoms in total. The van der Waals surface area contributed by atoms with Crippen LogP contribution in [0, 0.1) is 12.8 Å². The van der Waals surface area contributed by atoms with Gasteiger partial charge in [0.05, 0.1) is 33.3 Å². The Morgan fingerprint density at radius 3 is 1.90 bits per heavy atom. The van der Waals surface area contributed by atoms with Gasteiger partial charge in [0.1, 0.15) is 11.3 Å². The Kier molecular flexibility index (Phi) is 6.12. The lowest BCUT2D eigenvalue weighted by Gasteiger charge is -2.20. The van der Waals surface area contributed by atoms with Gasteiger partial charge in [0, 0.05) is 63.5 Å². The normalized spacial score (nSPS) is 12.6. The highest BCUT2D eigenvalue weighted by Crippen LogP contribution is 2.39. The highest BCUT2D eigenvalue weighted by molar-refractivity contribution is 6.21. The number of aromatic amines is 1. The maximum absolute atomic E-state index is 4.98. The van der Waals surface area contributed by atoms with Crippen LogP contribution in [-0.4, -0.2) is 29.9 Å². The highest BCUT2D eigenvalue weighted by atomic mass is 14.9. The number of nitrogens with zero attached hydrogens (tertiary/aromatic N) is 5. The summed E-state index contributed by atoms with van der Waals surface area (Å²) < 4.78 is 0. The minimum Gasteiger partial charge on any atom is -0.358 e. The molecule has 0 aliphatic carbocycles. The molecule has 7 heteroatoms. The molecule has 0 spiro atoms. The second kappa shape index (κ2) is 9.87. The molecule has 7 rings (SSSR count). The zero-order valence-electron chi connectivity index (χ0n) is 24.7. The minimum atomic E-state index is 0.279. The van der Waals surface area contributed by atoms with Crippen molar-refractivity contribution in [2.24, 2.45) is 5.92 Å². The Morgan fingerprint density at radius 2 is 1.29 bits per heavy atom. The fourth-order valence-corrected chi connectivity index (χ4v) is 6.00. The first-order valence-corrected chi connectivity index (χ1v) is 14.5. The first-order valence-electron chi connectivity index (χ1n) is 14.5. The first-order chi connectivity index (χ1) is 20.4. The predicted molar refractivity (Wildman–Crippen MR) is 174 cm³/mol. The quantitative estimate of drug-likeness (QED) is 0.208. The molecule has 3 aromatic heterocycles. The molecule has 208 valence electrons. The lowest BCUT2D eigenvalue weighted by molar-refractivity contribution is 0.772. The first kappa shape index (κ1) is 26.0. The van der Waals surface area contributed by atoms with Crippen LogP contribution in [0.2, 0.25) is 0 Å². The third kappa shape index (κ3) is 3.99. The number of aryl methyl sites for hydroxylation is 1. The SMILES string of the molecule is C/C=C(\Nc1c(C)c2nccnc2c2cc(-c3ccc4c(c3)c3nccnc3c3[nH]c(C(C)C)nc43)ccc12)C(C)C. The number of imidazole rings is 1. The third-order valence-electron chi connectivity index (χ3n) is 8.24. The van der Waals surface area contributed by atoms with Gasteiger partial charge in [-0.25, -0.2) is 4.98 Å². The van der Waals surface area contributed by atoms with Gasteiger partial charge in [0.25, 0.3) is 0 Å². The summed E-state index contributed by atoms with van der Waals surface area (Å²) in [6.07, 6.45) is 9.19. The number of hydrogen-bond acceptors (Lipinski definition) is 6. The molecule has 7 aromatic rings. The highest BCUT2D eigenvalue weighted by Gasteiger charge is 2.19. The van der Waals surface area contributed by atoms with E-state index in [1.807, 2.05) is 0 Å². The lowest BCUT2D eigenvalue weighted by atomic mass is 9.94. The number of H-pyrrole nitrogens is 1. The molecule has 0 radical (unpaired) electrons. The summed E-state index contributed by atoms with van der Waals surface area (Å²) >= 11 is 0. The van der Waals surface area contributed by atoms with Crippen LogP contribution in [0.4, 0.5) is 5.69 Å². The van der Waals surface area contributed by atoms with E-state index in [0.29, 0.717) is 5.92 Å². The molecule has 0 unspecified atom stereocenters. The van der Waals surface area contributed by atoms with Crippen LogP contribution in [0.25, 0.3) is 65.8 Å². The summed E-state index contributed by atoms with van der Waals surface area (Å²) in [5.41, 5.74) is 10.9. The van der Waals surface area contributed by atoms with E-state index in [-0.39, 0.29) is 5.92 Å². The standard InChI is InChI=1S/C35H33N7/c1-7-27(18(2)3)40-28-20(6)29-30(37-13-12-36-29)25-16-21(8-10-23(25)28)22-9-11-24-26(17-22)31-33(39-15-14-38-31)34-32(24)41-35(42-34)19(4)5/h7-19,40H,1-6H3,(H,41,42)/b27-7-. The maximum atomic E-state index is 4.98. The fourth-order valence-electron chi connectivity index (χ4n) is 6.00. The molecule has 42 heavy (non-hydrogen) atoms. The molecule has 0 saturated heterocycles. The van der Waals surface area contributed by atoms with Gasteiger partial charge in [0.2, 0.25) is 0 Å². The summed E-state index contributed by atoms with van der Waals surface area (Å²) in [5, 5.41) is 8.03. The van der Waals surface area contributed by atoms with Gasteiger partial charge in [-0.3, -0.25) is 19.9 Å². The number of allylic oxidation sites excluding steroid dienone is 2. The molecule has 0 saturated carbocycles. The number of anilines is 1. The Labute approximate surface area is 244 Å². The minimum absolute atomic E-state index is 0.279. The van der Waals surface area contributed by atoms with Crippen molar-refractivity contribution in [3.63, 3.8) is 0 Å². The summed E-state index contributed by atoms with van der Waals surface area (Å²) in [4.78, 5) is 27.5. The summed E-state index contributed by atoms with van der Waals surface area (Å²) in [7, 11) is 0. The summed E-state index contributed by atoms with van der Waals surface area (Å²) in [5.74, 6) is 1.60. The smallest absolute Gasteiger partial charge is 0.115 e. The molecular weight excluding hydrogens is 518 g/mol. The van der Waals surface area contributed by atoms with Crippen molar-refractivity contribution in [1.29, 1.82) is 0 Å². The van der Waals surface area contributed by atoms with Crippen molar-refractivity contribution in [2.75, 3.05) is 5.32 Å². The van der Waals surface area contributed by atoms with E-state index in [4.69, 9.17) is 24.9 Å². The number of nitrogens with one attached hydrogen (secondary N) is 2. The molecule has 0 amide bonds. The Morgan fingerprint density at radius 1 is 0.714 bits per heavy atom. The van der Waals surface area contributed by atoms with Crippen LogP contribution in [0.3, 0.4) is 0 Å². The monoisotopic (exact) mass is 551 g/mol. The van der Waals surface area contributed by atoms with E-state index in [0.717, 1.165) is 82.8 Å². The fraction of sp³-hybridized carbons (Fsp3) is 0.229. The second-order valence-electron chi connectivity index (χ2n) is 11.6. The van der Waals surface area contributed by atoms with Gasteiger partial charge >= 0.3 is 0 Å². The molecule has 0 bridgehead atoms. The van der Waals surface area contributed by atoms with Crippen LogP contribution < -0.4 is 5.32 Å². The van der Waals surface area contributed by atoms with Crippen molar-refractivity contribution in [3.05, 3.63) is 84.3 Å².